The third kappa shape index (κ3) is 4.88. The second-order valence-electron chi connectivity index (χ2n) is 6.67. The highest BCUT2D eigenvalue weighted by Crippen LogP contribution is 2.32. The number of hydrogen-bond donors (Lipinski definition) is 1. The Balaban J connectivity index is 1.74. The first-order chi connectivity index (χ1) is 12.9. The lowest BCUT2D eigenvalue weighted by molar-refractivity contribution is -0.137. The van der Waals surface area contributed by atoms with Crippen molar-refractivity contribution in [1.82, 2.24) is 15.1 Å². The van der Waals surface area contributed by atoms with Gasteiger partial charge in [-0.1, -0.05) is 12.1 Å². The third-order valence-corrected chi connectivity index (χ3v) is 5.54. The Hall–Kier alpha value is -1.90. The molecule has 8 heteroatoms. The van der Waals surface area contributed by atoms with Crippen LogP contribution >= 0.6 is 11.3 Å². The number of nitrogens with zero attached hydrogens (tertiary/aromatic N) is 2. The maximum Gasteiger partial charge on any atom is 0.417 e. The molecule has 1 atom stereocenters. The van der Waals surface area contributed by atoms with Gasteiger partial charge in [-0.3, -0.25) is 9.69 Å². The molecule has 1 aliphatic rings. The molecule has 1 aromatic carbocycles. The molecule has 1 saturated heterocycles. The van der Waals surface area contributed by atoms with Gasteiger partial charge in [-0.05, 0) is 41.6 Å². The summed E-state index contributed by atoms with van der Waals surface area (Å²) in [6.45, 7) is 3.82. The average Bonchev–Trinajstić information content (AvgIpc) is 3.17. The van der Waals surface area contributed by atoms with Gasteiger partial charge in [-0.15, -0.1) is 0 Å². The van der Waals surface area contributed by atoms with Crippen LogP contribution in [-0.2, 0) is 6.18 Å². The largest absolute Gasteiger partial charge is 0.417 e. The van der Waals surface area contributed by atoms with Gasteiger partial charge in [0.2, 0.25) is 0 Å². The Morgan fingerprint density at radius 3 is 2.52 bits per heavy atom. The predicted molar refractivity (Wildman–Crippen MR) is 99.9 cm³/mol. The number of carbonyl (C=O) groups is 1. The first kappa shape index (κ1) is 19.9. The van der Waals surface area contributed by atoms with Crippen LogP contribution in [0, 0.1) is 0 Å². The van der Waals surface area contributed by atoms with Crippen LogP contribution in [0.25, 0.3) is 0 Å². The molecule has 4 nitrogen and oxygen atoms in total. The number of amides is 1. The maximum atomic E-state index is 13.2. The Morgan fingerprint density at radius 2 is 1.89 bits per heavy atom. The van der Waals surface area contributed by atoms with Gasteiger partial charge in [0.05, 0.1) is 17.2 Å². The number of likely N-dealkylation sites (N-methyl/N-ethyl adjacent to an activating group) is 1. The third-order valence-electron chi connectivity index (χ3n) is 4.84. The molecule has 0 saturated carbocycles. The Labute approximate surface area is 160 Å². The van der Waals surface area contributed by atoms with E-state index < -0.39 is 17.6 Å². The van der Waals surface area contributed by atoms with Crippen LogP contribution in [-0.4, -0.2) is 55.5 Å². The molecular weight excluding hydrogens is 375 g/mol. The molecule has 1 unspecified atom stereocenters. The Bertz CT molecular complexity index is 756. The van der Waals surface area contributed by atoms with E-state index in [4.69, 9.17) is 0 Å². The van der Waals surface area contributed by atoms with Crippen molar-refractivity contribution in [1.29, 1.82) is 0 Å². The molecule has 3 rings (SSSR count). The number of carbonyl (C=O) groups excluding carboxylic acids is 1. The predicted octanol–water partition coefficient (Wildman–Crippen LogP) is 3.49. The fraction of sp³-hybridized carbons (Fsp3) is 0.421. The van der Waals surface area contributed by atoms with Crippen molar-refractivity contribution >= 4 is 17.2 Å². The van der Waals surface area contributed by atoms with Gasteiger partial charge in [0.1, 0.15) is 0 Å². The van der Waals surface area contributed by atoms with Crippen LogP contribution in [0.3, 0.4) is 0 Å². The standard InChI is InChI=1S/C19H22F3N3OS/c1-24-7-9-25(10-8-24)17(14-6-11-27-13-14)12-23-18(26)15-4-2-3-5-16(15)19(20,21)22/h2-6,11,13,17H,7-10,12H2,1H3,(H,23,26). The first-order valence-corrected chi connectivity index (χ1v) is 9.69. The van der Waals surface area contributed by atoms with Gasteiger partial charge in [-0.25, -0.2) is 0 Å². The van der Waals surface area contributed by atoms with Crippen LogP contribution in [0.5, 0.6) is 0 Å². The zero-order valence-electron chi connectivity index (χ0n) is 15.0. The van der Waals surface area contributed by atoms with Crippen molar-refractivity contribution in [2.75, 3.05) is 39.8 Å². The highest BCUT2D eigenvalue weighted by molar-refractivity contribution is 7.07. The fourth-order valence-electron chi connectivity index (χ4n) is 3.27. The van der Waals surface area contributed by atoms with Crippen LogP contribution in [0.4, 0.5) is 13.2 Å². The Kier molecular flexibility index (Phi) is 6.18. The maximum absolute atomic E-state index is 13.2. The van der Waals surface area contributed by atoms with Crippen molar-refractivity contribution in [3.05, 3.63) is 57.8 Å². The van der Waals surface area contributed by atoms with Gasteiger partial charge in [0.15, 0.2) is 0 Å². The van der Waals surface area contributed by atoms with Crippen molar-refractivity contribution in [2.45, 2.75) is 12.2 Å². The molecule has 1 amide bonds. The SMILES string of the molecule is CN1CCN(C(CNC(=O)c2ccccc2C(F)(F)F)c2ccsc2)CC1. The Morgan fingerprint density at radius 1 is 1.19 bits per heavy atom. The van der Waals surface area contributed by atoms with Gasteiger partial charge in [0, 0.05) is 32.7 Å². The van der Waals surface area contributed by atoms with E-state index in [1.54, 1.807) is 11.3 Å². The van der Waals surface area contributed by atoms with Gasteiger partial charge in [0.25, 0.3) is 5.91 Å². The number of piperazine rings is 1. The summed E-state index contributed by atoms with van der Waals surface area (Å²) < 4.78 is 39.5. The molecule has 1 aliphatic heterocycles. The minimum Gasteiger partial charge on any atom is -0.350 e. The molecule has 0 spiro atoms. The monoisotopic (exact) mass is 397 g/mol. The van der Waals surface area contributed by atoms with Gasteiger partial charge < -0.3 is 10.2 Å². The van der Waals surface area contributed by atoms with Crippen molar-refractivity contribution in [3.63, 3.8) is 0 Å². The number of alkyl halides is 3. The molecule has 0 aliphatic carbocycles. The molecule has 2 heterocycles. The van der Waals surface area contributed by atoms with E-state index in [1.165, 1.54) is 18.2 Å². The second-order valence-corrected chi connectivity index (χ2v) is 7.45. The summed E-state index contributed by atoms with van der Waals surface area (Å²) in [7, 11) is 2.06. The van der Waals surface area contributed by atoms with Crippen LogP contribution in [0.15, 0.2) is 41.1 Å². The zero-order chi connectivity index (χ0) is 19.4. The zero-order valence-corrected chi connectivity index (χ0v) is 15.8. The quantitative estimate of drug-likeness (QED) is 0.839. The molecule has 1 N–H and O–H groups in total. The summed E-state index contributed by atoms with van der Waals surface area (Å²) in [6, 6.07) is 6.84. The minimum absolute atomic E-state index is 0.0491. The van der Waals surface area contributed by atoms with E-state index >= 15 is 0 Å². The fourth-order valence-corrected chi connectivity index (χ4v) is 3.98. The van der Waals surface area contributed by atoms with E-state index in [1.807, 2.05) is 16.8 Å². The second kappa shape index (κ2) is 8.41. The summed E-state index contributed by atoms with van der Waals surface area (Å²) >= 11 is 1.57. The molecular formula is C19H22F3N3OS. The van der Waals surface area contributed by atoms with E-state index in [0.717, 1.165) is 37.8 Å². The molecule has 2 aromatic rings. The van der Waals surface area contributed by atoms with E-state index in [9.17, 15) is 18.0 Å². The van der Waals surface area contributed by atoms with Crippen molar-refractivity contribution in [3.8, 4) is 0 Å². The van der Waals surface area contributed by atoms with E-state index in [0.29, 0.717) is 0 Å². The van der Waals surface area contributed by atoms with Crippen molar-refractivity contribution < 1.29 is 18.0 Å². The average molecular weight is 397 g/mol. The van der Waals surface area contributed by atoms with Crippen LogP contribution in [0.1, 0.15) is 27.5 Å². The lowest BCUT2D eigenvalue weighted by atomic mass is 10.1. The molecule has 146 valence electrons. The summed E-state index contributed by atoms with van der Waals surface area (Å²) in [4.78, 5) is 17.0. The molecule has 0 radical (unpaired) electrons. The van der Waals surface area contributed by atoms with E-state index in [-0.39, 0.29) is 18.2 Å². The number of hydrogen-bond acceptors (Lipinski definition) is 4. The van der Waals surface area contributed by atoms with Gasteiger partial charge >= 0.3 is 6.18 Å². The summed E-state index contributed by atoms with van der Waals surface area (Å²) in [5.41, 5.74) is -0.171. The number of halogens is 3. The normalized spacial score (nSPS) is 17.6. The highest BCUT2D eigenvalue weighted by atomic mass is 32.1. The lowest BCUT2D eigenvalue weighted by Crippen LogP contribution is -2.48. The number of nitrogens with one attached hydrogen (secondary N) is 1. The van der Waals surface area contributed by atoms with Crippen LogP contribution < -0.4 is 5.32 Å². The topological polar surface area (TPSA) is 35.6 Å². The summed E-state index contributed by atoms with van der Waals surface area (Å²) in [6.07, 6.45) is -4.56. The summed E-state index contributed by atoms with van der Waals surface area (Å²) in [5, 5.41) is 6.72. The molecule has 1 fully saturated rings. The smallest absolute Gasteiger partial charge is 0.350 e. The number of thiophene rings is 1. The highest BCUT2D eigenvalue weighted by Gasteiger charge is 2.35. The molecule has 0 bridgehead atoms. The van der Waals surface area contributed by atoms with E-state index in [2.05, 4.69) is 22.2 Å². The number of benzene rings is 1. The van der Waals surface area contributed by atoms with Gasteiger partial charge in [-0.2, -0.15) is 24.5 Å². The van der Waals surface area contributed by atoms with Crippen LogP contribution in [0.2, 0.25) is 0 Å². The van der Waals surface area contributed by atoms with Crippen molar-refractivity contribution in [2.24, 2.45) is 0 Å². The molecule has 27 heavy (non-hydrogen) atoms. The lowest BCUT2D eigenvalue weighted by Gasteiger charge is -2.38. The minimum atomic E-state index is -4.56. The summed E-state index contributed by atoms with van der Waals surface area (Å²) in [5.74, 6) is -0.697. The number of rotatable bonds is 5. The first-order valence-electron chi connectivity index (χ1n) is 8.75. The molecule has 1 aromatic heterocycles.